The summed E-state index contributed by atoms with van der Waals surface area (Å²) >= 11 is 13.4. The Morgan fingerprint density at radius 2 is 1.59 bits per heavy atom. The first-order valence-corrected chi connectivity index (χ1v) is 10.3. The average Bonchev–Trinajstić information content (AvgIpc) is 3.13. The topological polar surface area (TPSA) is 74.3 Å². The van der Waals surface area contributed by atoms with E-state index in [1.807, 2.05) is 35.7 Å². The van der Waals surface area contributed by atoms with Crippen molar-refractivity contribution in [3.63, 3.8) is 0 Å². The lowest BCUT2D eigenvalue weighted by Gasteiger charge is -2.16. The van der Waals surface area contributed by atoms with E-state index in [0.29, 0.717) is 20.9 Å². The Morgan fingerprint density at radius 3 is 2.24 bits per heavy atom. The van der Waals surface area contributed by atoms with Gasteiger partial charge in [-0.25, -0.2) is 4.98 Å². The summed E-state index contributed by atoms with van der Waals surface area (Å²) in [6, 6.07) is 14.7. The van der Waals surface area contributed by atoms with Gasteiger partial charge in [-0.1, -0.05) is 59.6 Å². The monoisotopic (exact) mass is 448 g/mol. The van der Waals surface area contributed by atoms with Gasteiger partial charge in [0.2, 0.25) is 11.8 Å². The van der Waals surface area contributed by atoms with E-state index in [4.69, 9.17) is 23.2 Å². The van der Waals surface area contributed by atoms with E-state index in [1.54, 1.807) is 30.1 Å². The second-order valence-electron chi connectivity index (χ2n) is 6.27. The maximum absolute atomic E-state index is 12.3. The Labute approximate surface area is 182 Å². The molecular weight excluding hydrogens is 431 g/mol. The van der Waals surface area contributed by atoms with Crippen molar-refractivity contribution in [3.8, 4) is 11.3 Å². The first-order chi connectivity index (χ1) is 13.9. The number of rotatable bonds is 7. The summed E-state index contributed by atoms with van der Waals surface area (Å²) in [5.74, 6) is -0.582. The molecule has 0 spiro atoms. The number of anilines is 2. The van der Waals surface area contributed by atoms with Crippen molar-refractivity contribution in [2.24, 2.45) is 0 Å². The molecule has 0 bridgehead atoms. The molecule has 150 valence electrons. The average molecular weight is 449 g/mol. The van der Waals surface area contributed by atoms with Crippen LogP contribution >= 0.6 is 34.5 Å². The number of nitrogens with zero attached hydrogens (tertiary/aromatic N) is 2. The number of hydrogen-bond donors (Lipinski definition) is 2. The van der Waals surface area contributed by atoms with Crippen molar-refractivity contribution < 1.29 is 9.59 Å². The lowest BCUT2D eigenvalue weighted by Crippen LogP contribution is -2.36. The predicted molar refractivity (Wildman–Crippen MR) is 119 cm³/mol. The number of nitrogens with one attached hydrogen (secondary N) is 2. The highest BCUT2D eigenvalue weighted by Gasteiger charge is 2.15. The molecule has 1 heterocycles. The van der Waals surface area contributed by atoms with Crippen LogP contribution in [0.3, 0.4) is 0 Å². The fraction of sp³-hybridized carbons (Fsp3) is 0.150. The Morgan fingerprint density at radius 1 is 0.966 bits per heavy atom. The number of hydrogen-bond acceptors (Lipinski definition) is 5. The van der Waals surface area contributed by atoms with Crippen LogP contribution in [0, 0.1) is 0 Å². The molecule has 3 aromatic rings. The molecule has 2 N–H and O–H groups in total. The standard InChI is InChI=1S/C20H18Cl2N4O2S/c1-26(10-17(27)24-19-14(21)8-5-9-15(19)22)11-18(28)25-20-23-16(12-29-20)13-6-3-2-4-7-13/h2-9,12H,10-11H2,1H3,(H,24,27)(H,23,25,28). The van der Waals surface area contributed by atoms with Crippen LogP contribution in [0.5, 0.6) is 0 Å². The largest absolute Gasteiger partial charge is 0.322 e. The van der Waals surface area contributed by atoms with Crippen LogP contribution in [0.1, 0.15) is 0 Å². The van der Waals surface area contributed by atoms with E-state index < -0.39 is 0 Å². The molecule has 2 aromatic carbocycles. The second kappa shape index (κ2) is 9.84. The maximum atomic E-state index is 12.3. The van der Waals surface area contributed by atoms with Gasteiger partial charge in [0.1, 0.15) is 0 Å². The van der Waals surface area contributed by atoms with Gasteiger partial charge in [0, 0.05) is 10.9 Å². The third-order valence-electron chi connectivity index (χ3n) is 3.87. The molecule has 2 amide bonds. The number of halogens is 2. The van der Waals surface area contributed by atoms with E-state index in [0.717, 1.165) is 11.3 Å². The minimum Gasteiger partial charge on any atom is -0.322 e. The minimum atomic E-state index is -0.323. The van der Waals surface area contributed by atoms with Crippen LogP contribution in [0.15, 0.2) is 53.9 Å². The SMILES string of the molecule is CN(CC(=O)Nc1nc(-c2ccccc2)cs1)CC(=O)Nc1c(Cl)cccc1Cl. The zero-order valence-electron chi connectivity index (χ0n) is 15.5. The van der Waals surface area contributed by atoms with Crippen molar-refractivity contribution in [2.75, 3.05) is 30.8 Å². The van der Waals surface area contributed by atoms with Gasteiger partial charge in [-0.3, -0.25) is 14.5 Å². The lowest BCUT2D eigenvalue weighted by molar-refractivity contribution is -0.119. The third-order valence-corrected chi connectivity index (χ3v) is 5.26. The Kier molecular flexibility index (Phi) is 7.22. The van der Waals surface area contributed by atoms with Crippen LogP contribution < -0.4 is 10.6 Å². The summed E-state index contributed by atoms with van der Waals surface area (Å²) < 4.78 is 0. The Bertz CT molecular complexity index is 990. The van der Waals surface area contributed by atoms with E-state index in [-0.39, 0.29) is 24.9 Å². The molecule has 0 atom stereocenters. The number of amides is 2. The molecule has 9 heteroatoms. The number of benzene rings is 2. The van der Waals surface area contributed by atoms with Gasteiger partial charge >= 0.3 is 0 Å². The van der Waals surface area contributed by atoms with Crippen LogP contribution in [0.2, 0.25) is 10.0 Å². The van der Waals surface area contributed by atoms with Gasteiger partial charge < -0.3 is 10.6 Å². The molecule has 0 fully saturated rings. The number of thiazole rings is 1. The predicted octanol–water partition coefficient (Wildman–Crippen LogP) is 4.63. The normalized spacial score (nSPS) is 10.8. The number of aromatic nitrogens is 1. The zero-order valence-corrected chi connectivity index (χ0v) is 17.8. The smallest absolute Gasteiger partial charge is 0.240 e. The lowest BCUT2D eigenvalue weighted by atomic mass is 10.2. The van der Waals surface area contributed by atoms with Gasteiger partial charge in [-0.2, -0.15) is 0 Å². The van der Waals surface area contributed by atoms with E-state index in [9.17, 15) is 9.59 Å². The molecule has 1 aromatic heterocycles. The maximum Gasteiger partial charge on any atom is 0.240 e. The van der Waals surface area contributed by atoms with Crippen LogP contribution in [-0.4, -0.2) is 41.8 Å². The molecular formula is C20H18Cl2N4O2S. The first kappa shape index (κ1) is 21.3. The number of para-hydroxylation sites is 1. The summed E-state index contributed by atoms with van der Waals surface area (Å²) in [5.41, 5.74) is 2.14. The van der Waals surface area contributed by atoms with E-state index >= 15 is 0 Å². The van der Waals surface area contributed by atoms with Crippen LogP contribution in [-0.2, 0) is 9.59 Å². The van der Waals surface area contributed by atoms with Gasteiger partial charge in [0.25, 0.3) is 0 Å². The molecule has 6 nitrogen and oxygen atoms in total. The molecule has 0 saturated heterocycles. The summed E-state index contributed by atoms with van der Waals surface area (Å²) in [6.07, 6.45) is 0. The second-order valence-corrected chi connectivity index (χ2v) is 7.94. The highest BCUT2D eigenvalue weighted by Crippen LogP contribution is 2.29. The van der Waals surface area contributed by atoms with Gasteiger partial charge in [-0.15, -0.1) is 11.3 Å². The zero-order chi connectivity index (χ0) is 20.8. The van der Waals surface area contributed by atoms with Gasteiger partial charge in [-0.05, 0) is 19.2 Å². The quantitative estimate of drug-likeness (QED) is 0.552. The highest BCUT2D eigenvalue weighted by molar-refractivity contribution is 7.14. The van der Waals surface area contributed by atoms with Gasteiger partial charge in [0.15, 0.2) is 5.13 Å². The highest BCUT2D eigenvalue weighted by atomic mass is 35.5. The van der Waals surface area contributed by atoms with E-state index in [1.165, 1.54) is 11.3 Å². The molecule has 0 aliphatic heterocycles. The van der Waals surface area contributed by atoms with E-state index in [2.05, 4.69) is 15.6 Å². The summed E-state index contributed by atoms with van der Waals surface area (Å²) in [4.78, 5) is 30.5. The first-order valence-electron chi connectivity index (χ1n) is 8.65. The van der Waals surface area contributed by atoms with Crippen LogP contribution in [0.4, 0.5) is 10.8 Å². The number of likely N-dealkylation sites (N-methyl/N-ethyl adjacent to an activating group) is 1. The fourth-order valence-corrected chi connectivity index (χ4v) is 3.80. The summed E-state index contributed by atoms with van der Waals surface area (Å²) in [5, 5.41) is 8.52. The molecule has 29 heavy (non-hydrogen) atoms. The number of carbonyl (C=O) groups excluding carboxylic acids is 2. The molecule has 0 aliphatic rings. The molecule has 0 radical (unpaired) electrons. The molecule has 0 unspecified atom stereocenters. The third kappa shape index (κ3) is 6.01. The molecule has 3 rings (SSSR count). The van der Waals surface area contributed by atoms with Crippen molar-refractivity contribution in [2.45, 2.75) is 0 Å². The van der Waals surface area contributed by atoms with Crippen molar-refractivity contribution in [1.29, 1.82) is 0 Å². The van der Waals surface area contributed by atoms with Crippen molar-refractivity contribution in [3.05, 3.63) is 64.0 Å². The Hall–Kier alpha value is -2.45. The summed E-state index contributed by atoms with van der Waals surface area (Å²) in [6.45, 7) is 0.0338. The van der Waals surface area contributed by atoms with Crippen molar-refractivity contribution >= 4 is 57.2 Å². The van der Waals surface area contributed by atoms with Crippen molar-refractivity contribution in [1.82, 2.24) is 9.88 Å². The summed E-state index contributed by atoms with van der Waals surface area (Å²) in [7, 11) is 1.67. The fourth-order valence-electron chi connectivity index (χ4n) is 2.57. The van der Waals surface area contributed by atoms with Gasteiger partial charge in [0.05, 0.1) is 34.5 Å². The molecule has 0 aliphatic carbocycles. The molecule has 0 saturated carbocycles. The van der Waals surface area contributed by atoms with Crippen LogP contribution in [0.25, 0.3) is 11.3 Å². The minimum absolute atomic E-state index is 0.00209. The number of carbonyl (C=O) groups is 2. The Balaban J connectivity index is 1.50.